The SMILES string of the molecule is O=C(NCc1ccco1)c1c2c(nc3ccccc13)C(=Cc1ccco1)CC2. The van der Waals surface area contributed by atoms with E-state index >= 15 is 0 Å². The van der Waals surface area contributed by atoms with E-state index < -0.39 is 0 Å². The fraction of sp³-hybridized carbons (Fsp3) is 0.130. The van der Waals surface area contributed by atoms with Crippen molar-refractivity contribution < 1.29 is 13.6 Å². The second kappa shape index (κ2) is 6.85. The molecule has 0 unspecified atom stereocenters. The second-order valence-electron chi connectivity index (χ2n) is 6.78. The molecule has 5 nitrogen and oxygen atoms in total. The average Bonchev–Trinajstić information content (AvgIpc) is 3.48. The van der Waals surface area contributed by atoms with Gasteiger partial charge in [0.1, 0.15) is 11.5 Å². The first-order valence-electron chi connectivity index (χ1n) is 9.26. The van der Waals surface area contributed by atoms with Gasteiger partial charge >= 0.3 is 0 Å². The second-order valence-corrected chi connectivity index (χ2v) is 6.78. The smallest absolute Gasteiger partial charge is 0.252 e. The Morgan fingerprint density at radius 2 is 1.89 bits per heavy atom. The number of benzene rings is 1. The topological polar surface area (TPSA) is 68.3 Å². The molecule has 0 bridgehead atoms. The van der Waals surface area contributed by atoms with Crippen molar-refractivity contribution in [1.29, 1.82) is 0 Å². The Morgan fingerprint density at radius 3 is 2.71 bits per heavy atom. The first-order chi connectivity index (χ1) is 13.8. The van der Waals surface area contributed by atoms with Crippen LogP contribution >= 0.6 is 0 Å². The van der Waals surface area contributed by atoms with E-state index in [1.54, 1.807) is 12.5 Å². The summed E-state index contributed by atoms with van der Waals surface area (Å²) in [5.41, 5.74) is 4.49. The van der Waals surface area contributed by atoms with Crippen molar-refractivity contribution >= 4 is 28.5 Å². The maximum atomic E-state index is 13.1. The van der Waals surface area contributed by atoms with E-state index in [-0.39, 0.29) is 5.91 Å². The normalized spacial score (nSPS) is 14.5. The van der Waals surface area contributed by atoms with Crippen LogP contribution in [0.3, 0.4) is 0 Å². The van der Waals surface area contributed by atoms with Gasteiger partial charge in [0.05, 0.1) is 35.8 Å². The molecule has 5 heteroatoms. The van der Waals surface area contributed by atoms with Gasteiger partial charge in [-0.25, -0.2) is 4.98 Å². The molecule has 138 valence electrons. The molecule has 0 saturated carbocycles. The molecule has 1 N–H and O–H groups in total. The van der Waals surface area contributed by atoms with Crippen LogP contribution < -0.4 is 5.32 Å². The summed E-state index contributed by atoms with van der Waals surface area (Å²) in [7, 11) is 0. The number of fused-ring (bicyclic) bond motifs is 2. The number of nitrogens with zero attached hydrogens (tertiary/aromatic N) is 1. The zero-order valence-corrected chi connectivity index (χ0v) is 15.1. The molecule has 1 aliphatic rings. The number of amides is 1. The number of para-hydroxylation sites is 1. The first-order valence-corrected chi connectivity index (χ1v) is 9.26. The minimum atomic E-state index is -0.106. The van der Waals surface area contributed by atoms with Gasteiger partial charge in [0.2, 0.25) is 0 Å². The van der Waals surface area contributed by atoms with Gasteiger partial charge in [-0.15, -0.1) is 0 Å². The van der Waals surface area contributed by atoms with Crippen molar-refractivity contribution in [2.75, 3.05) is 0 Å². The number of furan rings is 2. The lowest BCUT2D eigenvalue weighted by Crippen LogP contribution is -2.24. The number of allylic oxidation sites excluding steroid dienone is 1. The molecule has 28 heavy (non-hydrogen) atoms. The molecule has 5 rings (SSSR count). The highest BCUT2D eigenvalue weighted by Crippen LogP contribution is 2.37. The lowest BCUT2D eigenvalue weighted by molar-refractivity contribution is 0.0949. The molecule has 3 aromatic heterocycles. The molecule has 1 amide bonds. The molecule has 0 aliphatic heterocycles. The summed E-state index contributed by atoms with van der Waals surface area (Å²) in [6.45, 7) is 0.354. The average molecular weight is 370 g/mol. The van der Waals surface area contributed by atoms with Gasteiger partial charge in [-0.3, -0.25) is 4.79 Å². The molecule has 0 atom stereocenters. The summed E-state index contributed by atoms with van der Waals surface area (Å²) in [4.78, 5) is 18.0. The van der Waals surface area contributed by atoms with Crippen molar-refractivity contribution in [1.82, 2.24) is 10.3 Å². The molecular formula is C23H18N2O3. The monoisotopic (exact) mass is 370 g/mol. The molecular weight excluding hydrogens is 352 g/mol. The van der Waals surface area contributed by atoms with Crippen LogP contribution in [0.5, 0.6) is 0 Å². The predicted octanol–water partition coefficient (Wildman–Crippen LogP) is 4.84. The standard InChI is InChI=1S/C23H18N2O3/c26-23(24-14-17-6-4-12-28-17)21-18-7-1-2-8-20(18)25-22-15(9-10-19(21)22)13-16-5-3-11-27-16/h1-8,11-13H,9-10,14H2,(H,24,26). The molecule has 0 radical (unpaired) electrons. The highest BCUT2D eigenvalue weighted by Gasteiger charge is 2.27. The van der Waals surface area contributed by atoms with Crippen molar-refractivity contribution in [2.24, 2.45) is 0 Å². The van der Waals surface area contributed by atoms with E-state index in [4.69, 9.17) is 13.8 Å². The summed E-state index contributed by atoms with van der Waals surface area (Å²) in [5, 5.41) is 3.86. The Bertz CT molecular complexity index is 1170. The van der Waals surface area contributed by atoms with E-state index in [2.05, 4.69) is 5.32 Å². The number of carbonyl (C=O) groups is 1. The Labute approximate surface area is 161 Å². The maximum absolute atomic E-state index is 13.1. The Morgan fingerprint density at radius 1 is 1.04 bits per heavy atom. The van der Waals surface area contributed by atoms with E-state index in [9.17, 15) is 4.79 Å². The minimum Gasteiger partial charge on any atom is -0.467 e. The predicted molar refractivity (Wildman–Crippen MR) is 107 cm³/mol. The number of nitrogens with one attached hydrogen (secondary N) is 1. The lowest BCUT2D eigenvalue weighted by Gasteiger charge is -2.12. The number of pyridine rings is 1. The molecule has 4 aromatic rings. The van der Waals surface area contributed by atoms with Crippen LogP contribution in [0.15, 0.2) is 69.9 Å². The first kappa shape index (κ1) is 16.6. The highest BCUT2D eigenvalue weighted by atomic mass is 16.3. The van der Waals surface area contributed by atoms with E-state index in [1.807, 2.05) is 54.6 Å². The summed E-state index contributed by atoms with van der Waals surface area (Å²) in [6, 6.07) is 15.2. The van der Waals surface area contributed by atoms with Crippen LogP contribution in [0.4, 0.5) is 0 Å². The number of hydrogen-bond acceptors (Lipinski definition) is 4. The van der Waals surface area contributed by atoms with E-state index in [0.29, 0.717) is 12.1 Å². The molecule has 1 aromatic carbocycles. The highest BCUT2D eigenvalue weighted by molar-refractivity contribution is 6.09. The zero-order valence-electron chi connectivity index (χ0n) is 15.1. The van der Waals surface area contributed by atoms with Gasteiger partial charge in [-0.2, -0.15) is 0 Å². The Hall–Kier alpha value is -3.60. The third kappa shape index (κ3) is 2.91. The maximum Gasteiger partial charge on any atom is 0.252 e. The van der Waals surface area contributed by atoms with Crippen LogP contribution in [-0.2, 0) is 13.0 Å². The lowest BCUT2D eigenvalue weighted by atomic mass is 10.00. The molecule has 0 fully saturated rings. The van der Waals surface area contributed by atoms with Crippen LogP contribution in [0.1, 0.15) is 39.6 Å². The molecule has 1 aliphatic carbocycles. The summed E-state index contributed by atoms with van der Waals surface area (Å²) in [6.07, 6.45) is 6.88. The third-order valence-electron chi connectivity index (χ3n) is 5.03. The van der Waals surface area contributed by atoms with Gasteiger partial charge < -0.3 is 14.2 Å². The van der Waals surface area contributed by atoms with E-state index in [0.717, 1.165) is 52.1 Å². The molecule has 0 spiro atoms. The third-order valence-corrected chi connectivity index (χ3v) is 5.03. The van der Waals surface area contributed by atoms with Crippen LogP contribution in [0.25, 0.3) is 22.6 Å². The van der Waals surface area contributed by atoms with Crippen molar-refractivity contribution in [3.05, 3.63) is 89.4 Å². The van der Waals surface area contributed by atoms with Gasteiger partial charge in [-0.1, -0.05) is 18.2 Å². The quantitative estimate of drug-likeness (QED) is 0.558. The van der Waals surface area contributed by atoms with Gasteiger partial charge in [0.15, 0.2) is 0 Å². The van der Waals surface area contributed by atoms with Gasteiger partial charge in [0, 0.05) is 5.39 Å². The Kier molecular flexibility index (Phi) is 4.05. The van der Waals surface area contributed by atoms with E-state index in [1.165, 1.54) is 0 Å². The largest absolute Gasteiger partial charge is 0.467 e. The minimum absolute atomic E-state index is 0.106. The Balaban J connectivity index is 1.59. The number of carbonyl (C=O) groups excluding carboxylic acids is 1. The fourth-order valence-electron chi connectivity index (χ4n) is 3.75. The number of rotatable bonds is 4. The van der Waals surface area contributed by atoms with Crippen LogP contribution in [0.2, 0.25) is 0 Å². The van der Waals surface area contributed by atoms with Crippen molar-refractivity contribution in [2.45, 2.75) is 19.4 Å². The fourth-order valence-corrected chi connectivity index (χ4v) is 3.75. The van der Waals surface area contributed by atoms with Gasteiger partial charge in [0.25, 0.3) is 5.91 Å². The number of hydrogen-bond donors (Lipinski definition) is 1. The summed E-state index contributed by atoms with van der Waals surface area (Å²) < 4.78 is 10.8. The summed E-state index contributed by atoms with van der Waals surface area (Å²) in [5.74, 6) is 1.41. The summed E-state index contributed by atoms with van der Waals surface area (Å²) >= 11 is 0. The zero-order chi connectivity index (χ0) is 18.9. The van der Waals surface area contributed by atoms with Crippen LogP contribution in [-0.4, -0.2) is 10.9 Å². The van der Waals surface area contributed by atoms with Gasteiger partial charge in [-0.05, 0) is 60.4 Å². The van der Waals surface area contributed by atoms with Crippen molar-refractivity contribution in [3.8, 4) is 0 Å². The molecule has 0 saturated heterocycles. The van der Waals surface area contributed by atoms with Crippen LogP contribution in [0, 0.1) is 0 Å². The number of aromatic nitrogens is 1. The van der Waals surface area contributed by atoms with Crippen molar-refractivity contribution in [3.63, 3.8) is 0 Å². The molecule has 3 heterocycles.